The van der Waals surface area contributed by atoms with Gasteiger partial charge in [-0.05, 0) is 19.1 Å². The van der Waals surface area contributed by atoms with Gasteiger partial charge in [0.05, 0.1) is 24.3 Å². The zero-order valence-corrected chi connectivity index (χ0v) is 11.1. The highest BCUT2D eigenvalue weighted by atomic mass is 16.5. The second-order valence-corrected chi connectivity index (χ2v) is 4.61. The molecule has 2 atom stereocenters. The van der Waals surface area contributed by atoms with Gasteiger partial charge in [0.1, 0.15) is 0 Å². The van der Waals surface area contributed by atoms with Crippen LogP contribution in [0.15, 0.2) is 30.3 Å². The first-order valence-electron chi connectivity index (χ1n) is 6.31. The Hall–Kier alpha value is -1.72. The average Bonchev–Trinajstić information content (AvgIpc) is 2.71. The lowest BCUT2D eigenvalue weighted by Crippen LogP contribution is -2.41. The van der Waals surface area contributed by atoms with Gasteiger partial charge in [-0.15, -0.1) is 0 Å². The molecule has 0 aliphatic carbocycles. The molecule has 0 aromatic heterocycles. The van der Waals surface area contributed by atoms with Crippen LogP contribution in [0.3, 0.4) is 0 Å². The number of rotatable bonds is 5. The molecule has 5 nitrogen and oxygen atoms in total. The maximum atomic E-state index is 12.2. The zero-order chi connectivity index (χ0) is 13.8. The minimum atomic E-state index is -0.453. The fraction of sp³-hybridized carbons (Fsp3) is 0.429. The minimum Gasteiger partial charge on any atom is -0.380 e. The van der Waals surface area contributed by atoms with E-state index in [9.17, 15) is 9.59 Å². The maximum absolute atomic E-state index is 12.2. The fourth-order valence-corrected chi connectivity index (χ4v) is 2.03. The first-order valence-corrected chi connectivity index (χ1v) is 6.31. The summed E-state index contributed by atoms with van der Waals surface area (Å²) in [5, 5.41) is 3.08. The molecule has 19 heavy (non-hydrogen) atoms. The molecule has 1 N–H and O–H groups in total. The molecule has 2 rings (SSSR count). The Kier molecular flexibility index (Phi) is 4.29. The Morgan fingerprint density at radius 1 is 1.37 bits per heavy atom. The molecule has 1 saturated heterocycles. The summed E-state index contributed by atoms with van der Waals surface area (Å²) < 4.78 is 5.11. The first-order chi connectivity index (χ1) is 9.13. The van der Waals surface area contributed by atoms with E-state index in [1.165, 1.54) is 4.90 Å². The highest BCUT2D eigenvalue weighted by Crippen LogP contribution is 2.22. The van der Waals surface area contributed by atoms with Crippen molar-refractivity contribution in [3.05, 3.63) is 30.3 Å². The molecule has 0 bridgehead atoms. The lowest BCUT2D eigenvalue weighted by Gasteiger charge is -2.16. The van der Waals surface area contributed by atoms with E-state index in [4.69, 9.17) is 4.74 Å². The van der Waals surface area contributed by atoms with Gasteiger partial charge in [-0.2, -0.15) is 0 Å². The number of anilines is 1. The van der Waals surface area contributed by atoms with Crippen LogP contribution in [-0.4, -0.2) is 37.6 Å². The standard InChI is InChI=1S/C14H18N2O3/c1-10(19-2)9-15-12-8-13(17)16(14(12)18)11-6-4-3-5-7-11/h3-7,10,12,15H,8-9H2,1-2H3. The summed E-state index contributed by atoms with van der Waals surface area (Å²) in [4.78, 5) is 25.4. The summed E-state index contributed by atoms with van der Waals surface area (Å²) in [6.45, 7) is 2.45. The van der Waals surface area contributed by atoms with Gasteiger partial charge in [-0.1, -0.05) is 18.2 Å². The molecule has 1 aromatic rings. The largest absolute Gasteiger partial charge is 0.380 e. The van der Waals surface area contributed by atoms with E-state index in [-0.39, 0.29) is 24.3 Å². The smallest absolute Gasteiger partial charge is 0.251 e. The van der Waals surface area contributed by atoms with Crippen LogP contribution < -0.4 is 10.2 Å². The Morgan fingerprint density at radius 2 is 2.05 bits per heavy atom. The van der Waals surface area contributed by atoms with Crippen LogP contribution in [0, 0.1) is 0 Å². The van der Waals surface area contributed by atoms with Crippen molar-refractivity contribution in [2.24, 2.45) is 0 Å². The van der Waals surface area contributed by atoms with Crippen LogP contribution >= 0.6 is 0 Å². The van der Waals surface area contributed by atoms with Crippen molar-refractivity contribution >= 4 is 17.5 Å². The van der Waals surface area contributed by atoms with Crippen LogP contribution in [0.2, 0.25) is 0 Å². The molecular formula is C14H18N2O3. The second kappa shape index (κ2) is 5.95. The van der Waals surface area contributed by atoms with Crippen molar-refractivity contribution in [2.75, 3.05) is 18.6 Å². The number of methoxy groups -OCH3 is 1. The van der Waals surface area contributed by atoms with E-state index in [2.05, 4.69) is 5.32 Å². The summed E-state index contributed by atoms with van der Waals surface area (Å²) >= 11 is 0. The number of hydrogen-bond acceptors (Lipinski definition) is 4. The Labute approximate surface area is 112 Å². The van der Waals surface area contributed by atoms with Crippen LogP contribution in [0.1, 0.15) is 13.3 Å². The number of nitrogens with one attached hydrogen (secondary N) is 1. The van der Waals surface area contributed by atoms with Gasteiger partial charge in [0.2, 0.25) is 5.91 Å². The molecule has 1 aliphatic rings. The van der Waals surface area contributed by atoms with Gasteiger partial charge in [-0.25, -0.2) is 4.90 Å². The molecule has 0 spiro atoms. The van der Waals surface area contributed by atoms with Crippen LogP contribution in [0.5, 0.6) is 0 Å². The molecule has 1 heterocycles. The van der Waals surface area contributed by atoms with Crippen molar-refractivity contribution in [3.63, 3.8) is 0 Å². The van der Waals surface area contributed by atoms with E-state index in [1.54, 1.807) is 19.2 Å². The number of imide groups is 1. The quantitative estimate of drug-likeness (QED) is 0.802. The Balaban J connectivity index is 2.05. The van der Waals surface area contributed by atoms with Gasteiger partial charge in [0.15, 0.2) is 0 Å². The van der Waals surface area contributed by atoms with Crippen LogP contribution in [0.4, 0.5) is 5.69 Å². The van der Waals surface area contributed by atoms with Crippen molar-refractivity contribution < 1.29 is 14.3 Å². The number of carbonyl (C=O) groups is 2. The molecule has 1 aliphatic heterocycles. The number of ether oxygens (including phenoxy) is 1. The average molecular weight is 262 g/mol. The molecule has 0 radical (unpaired) electrons. The SMILES string of the molecule is COC(C)CNC1CC(=O)N(c2ccccc2)C1=O. The summed E-state index contributed by atoms with van der Waals surface area (Å²) in [6.07, 6.45) is 0.207. The minimum absolute atomic E-state index is 0.00803. The van der Waals surface area contributed by atoms with Crippen LogP contribution in [0.25, 0.3) is 0 Å². The normalized spacial score (nSPS) is 20.9. The molecule has 2 unspecified atom stereocenters. The summed E-state index contributed by atoms with van der Waals surface area (Å²) in [6, 6.07) is 8.54. The van der Waals surface area contributed by atoms with Crippen molar-refractivity contribution in [2.45, 2.75) is 25.5 Å². The number of hydrogen-bond donors (Lipinski definition) is 1. The van der Waals surface area contributed by atoms with Gasteiger partial charge < -0.3 is 10.1 Å². The number of benzene rings is 1. The van der Waals surface area contributed by atoms with Crippen molar-refractivity contribution in [3.8, 4) is 0 Å². The zero-order valence-electron chi connectivity index (χ0n) is 11.1. The number of amides is 2. The second-order valence-electron chi connectivity index (χ2n) is 4.61. The fourth-order valence-electron chi connectivity index (χ4n) is 2.03. The molecule has 1 fully saturated rings. The Bertz CT molecular complexity index is 461. The third-order valence-electron chi connectivity index (χ3n) is 3.22. The summed E-state index contributed by atoms with van der Waals surface area (Å²) in [7, 11) is 1.62. The molecular weight excluding hydrogens is 244 g/mol. The third kappa shape index (κ3) is 3.00. The van der Waals surface area contributed by atoms with Gasteiger partial charge in [-0.3, -0.25) is 9.59 Å². The van der Waals surface area contributed by atoms with E-state index in [1.807, 2.05) is 25.1 Å². The molecule has 1 aromatic carbocycles. The van der Waals surface area contributed by atoms with Crippen molar-refractivity contribution in [1.29, 1.82) is 0 Å². The third-order valence-corrected chi connectivity index (χ3v) is 3.22. The topological polar surface area (TPSA) is 58.6 Å². The van der Waals surface area contributed by atoms with Crippen LogP contribution in [-0.2, 0) is 14.3 Å². The maximum Gasteiger partial charge on any atom is 0.251 e. The lowest BCUT2D eigenvalue weighted by molar-refractivity contribution is -0.121. The van der Waals surface area contributed by atoms with Gasteiger partial charge >= 0.3 is 0 Å². The molecule has 102 valence electrons. The number of carbonyl (C=O) groups excluding carboxylic acids is 2. The lowest BCUT2D eigenvalue weighted by atomic mass is 10.2. The highest BCUT2D eigenvalue weighted by Gasteiger charge is 2.39. The van der Waals surface area contributed by atoms with E-state index >= 15 is 0 Å². The molecule has 0 saturated carbocycles. The predicted molar refractivity (Wildman–Crippen MR) is 71.8 cm³/mol. The summed E-state index contributed by atoms with van der Waals surface area (Å²) in [5.74, 6) is -0.363. The number of para-hydroxylation sites is 1. The van der Waals surface area contributed by atoms with E-state index < -0.39 is 6.04 Å². The molecule has 5 heteroatoms. The molecule has 2 amide bonds. The number of nitrogens with zero attached hydrogens (tertiary/aromatic N) is 1. The monoisotopic (exact) mass is 262 g/mol. The van der Waals surface area contributed by atoms with E-state index in [0.717, 1.165) is 0 Å². The highest BCUT2D eigenvalue weighted by molar-refractivity contribution is 6.22. The van der Waals surface area contributed by atoms with E-state index in [0.29, 0.717) is 12.2 Å². The van der Waals surface area contributed by atoms with Crippen molar-refractivity contribution in [1.82, 2.24) is 5.32 Å². The van der Waals surface area contributed by atoms with Gasteiger partial charge in [0, 0.05) is 13.7 Å². The Morgan fingerprint density at radius 3 is 2.68 bits per heavy atom. The van der Waals surface area contributed by atoms with Gasteiger partial charge in [0.25, 0.3) is 5.91 Å². The first kappa shape index (κ1) is 13.7. The predicted octanol–water partition coefficient (Wildman–Crippen LogP) is 0.943. The summed E-state index contributed by atoms with van der Waals surface area (Å²) in [5.41, 5.74) is 0.626.